The van der Waals surface area contributed by atoms with Crippen molar-refractivity contribution >= 4 is 11.9 Å². The molecule has 0 aliphatic heterocycles. The van der Waals surface area contributed by atoms with Gasteiger partial charge < -0.3 is 9.84 Å². The van der Waals surface area contributed by atoms with E-state index in [0.717, 1.165) is 38.5 Å². The highest BCUT2D eigenvalue weighted by Gasteiger charge is 2.41. The summed E-state index contributed by atoms with van der Waals surface area (Å²) in [5.41, 5.74) is 0. The van der Waals surface area contributed by atoms with E-state index in [1.54, 1.807) is 0 Å². The van der Waals surface area contributed by atoms with Crippen molar-refractivity contribution < 1.29 is 19.4 Å². The summed E-state index contributed by atoms with van der Waals surface area (Å²) in [4.78, 5) is 23.7. The SMILES string of the molecule is CCCCC(CC)COC(=O)C1CCCC(C)C1C(=O)O. The van der Waals surface area contributed by atoms with E-state index in [9.17, 15) is 14.7 Å². The van der Waals surface area contributed by atoms with Crippen LogP contribution in [0.15, 0.2) is 0 Å². The Kier molecular flexibility index (Phi) is 7.76. The first kappa shape index (κ1) is 18.0. The third-order valence-corrected chi connectivity index (χ3v) is 4.81. The molecule has 0 heterocycles. The molecule has 21 heavy (non-hydrogen) atoms. The summed E-state index contributed by atoms with van der Waals surface area (Å²) in [6.45, 7) is 6.62. The first-order valence-corrected chi connectivity index (χ1v) is 8.40. The third-order valence-electron chi connectivity index (χ3n) is 4.81. The summed E-state index contributed by atoms with van der Waals surface area (Å²) in [7, 11) is 0. The molecule has 0 spiro atoms. The summed E-state index contributed by atoms with van der Waals surface area (Å²) in [5, 5.41) is 9.36. The van der Waals surface area contributed by atoms with Crippen LogP contribution in [0.3, 0.4) is 0 Å². The monoisotopic (exact) mass is 298 g/mol. The molecule has 0 aromatic heterocycles. The highest BCUT2D eigenvalue weighted by Crippen LogP contribution is 2.35. The number of carboxylic acids is 1. The van der Waals surface area contributed by atoms with Crippen molar-refractivity contribution in [1.29, 1.82) is 0 Å². The van der Waals surface area contributed by atoms with Crippen molar-refractivity contribution in [2.75, 3.05) is 6.61 Å². The molecule has 4 unspecified atom stereocenters. The molecule has 1 fully saturated rings. The second-order valence-corrected chi connectivity index (χ2v) is 6.43. The van der Waals surface area contributed by atoms with Gasteiger partial charge in [0.1, 0.15) is 0 Å². The molecule has 122 valence electrons. The van der Waals surface area contributed by atoms with Crippen LogP contribution in [0.1, 0.15) is 65.7 Å². The fourth-order valence-corrected chi connectivity index (χ4v) is 3.30. The summed E-state index contributed by atoms with van der Waals surface area (Å²) in [5.74, 6) is -1.75. The summed E-state index contributed by atoms with van der Waals surface area (Å²) in [6.07, 6.45) is 6.80. The van der Waals surface area contributed by atoms with E-state index in [1.165, 1.54) is 0 Å². The molecule has 1 N–H and O–H groups in total. The van der Waals surface area contributed by atoms with Gasteiger partial charge in [0.15, 0.2) is 0 Å². The molecule has 0 saturated heterocycles. The van der Waals surface area contributed by atoms with Gasteiger partial charge in [0.05, 0.1) is 18.4 Å². The van der Waals surface area contributed by atoms with Crippen molar-refractivity contribution in [3.05, 3.63) is 0 Å². The first-order valence-electron chi connectivity index (χ1n) is 8.40. The highest BCUT2D eigenvalue weighted by molar-refractivity contribution is 5.81. The zero-order valence-corrected chi connectivity index (χ0v) is 13.6. The average molecular weight is 298 g/mol. The van der Waals surface area contributed by atoms with Crippen LogP contribution < -0.4 is 0 Å². The molecule has 1 aliphatic carbocycles. The average Bonchev–Trinajstić information content (AvgIpc) is 2.46. The van der Waals surface area contributed by atoms with Crippen LogP contribution in [0.5, 0.6) is 0 Å². The number of carboxylic acid groups (broad SMARTS) is 1. The Labute approximate surface area is 128 Å². The van der Waals surface area contributed by atoms with E-state index in [2.05, 4.69) is 13.8 Å². The maximum Gasteiger partial charge on any atom is 0.309 e. The van der Waals surface area contributed by atoms with Crippen molar-refractivity contribution in [2.45, 2.75) is 65.7 Å². The first-order chi connectivity index (χ1) is 10.0. The van der Waals surface area contributed by atoms with Gasteiger partial charge in [-0.1, -0.05) is 46.5 Å². The molecule has 4 nitrogen and oxygen atoms in total. The van der Waals surface area contributed by atoms with E-state index in [1.807, 2.05) is 6.92 Å². The lowest BCUT2D eigenvalue weighted by atomic mass is 9.73. The largest absolute Gasteiger partial charge is 0.481 e. The Morgan fingerprint density at radius 1 is 1.29 bits per heavy atom. The zero-order chi connectivity index (χ0) is 15.8. The zero-order valence-electron chi connectivity index (χ0n) is 13.6. The van der Waals surface area contributed by atoms with Crippen molar-refractivity contribution in [3.63, 3.8) is 0 Å². The lowest BCUT2D eigenvalue weighted by Crippen LogP contribution is -2.38. The van der Waals surface area contributed by atoms with E-state index >= 15 is 0 Å². The molecule has 4 heteroatoms. The minimum absolute atomic E-state index is 0.0517. The number of carbonyl (C=O) groups excluding carboxylic acids is 1. The molecule has 0 aromatic rings. The quantitative estimate of drug-likeness (QED) is 0.691. The molecule has 0 radical (unpaired) electrons. The lowest BCUT2D eigenvalue weighted by molar-refractivity contribution is -0.163. The van der Waals surface area contributed by atoms with Crippen LogP contribution >= 0.6 is 0 Å². The smallest absolute Gasteiger partial charge is 0.309 e. The van der Waals surface area contributed by atoms with Crippen LogP contribution in [0.25, 0.3) is 0 Å². The van der Waals surface area contributed by atoms with E-state index in [4.69, 9.17) is 4.74 Å². The topological polar surface area (TPSA) is 63.6 Å². The number of unbranched alkanes of at least 4 members (excludes halogenated alkanes) is 1. The second kappa shape index (κ2) is 9.06. The summed E-state index contributed by atoms with van der Waals surface area (Å²) >= 11 is 0. The Balaban J connectivity index is 2.54. The van der Waals surface area contributed by atoms with Gasteiger partial charge in [0, 0.05) is 0 Å². The minimum atomic E-state index is -0.859. The molecule has 1 saturated carbocycles. The number of carbonyl (C=O) groups is 2. The van der Waals surface area contributed by atoms with Crippen LogP contribution in [-0.4, -0.2) is 23.7 Å². The van der Waals surface area contributed by atoms with Gasteiger partial charge in [0.25, 0.3) is 0 Å². The normalized spacial score (nSPS) is 27.1. The van der Waals surface area contributed by atoms with Crippen molar-refractivity contribution in [1.82, 2.24) is 0 Å². The van der Waals surface area contributed by atoms with Gasteiger partial charge in [-0.3, -0.25) is 9.59 Å². The molecule has 0 bridgehead atoms. The molecule has 4 atom stereocenters. The molecule has 1 aliphatic rings. The van der Waals surface area contributed by atoms with Crippen molar-refractivity contribution in [2.24, 2.45) is 23.7 Å². The van der Waals surface area contributed by atoms with E-state index in [0.29, 0.717) is 18.9 Å². The number of hydrogen-bond acceptors (Lipinski definition) is 3. The fourth-order valence-electron chi connectivity index (χ4n) is 3.30. The number of ether oxygens (including phenoxy) is 1. The van der Waals surface area contributed by atoms with Crippen LogP contribution in [0.4, 0.5) is 0 Å². The Morgan fingerprint density at radius 3 is 2.57 bits per heavy atom. The van der Waals surface area contributed by atoms with Gasteiger partial charge in [0.2, 0.25) is 0 Å². The van der Waals surface area contributed by atoms with Crippen LogP contribution in [0.2, 0.25) is 0 Å². The van der Waals surface area contributed by atoms with Crippen LogP contribution in [0, 0.1) is 23.7 Å². The molecular weight excluding hydrogens is 268 g/mol. The Bertz CT molecular complexity index is 340. The molecule has 0 aromatic carbocycles. The van der Waals surface area contributed by atoms with Gasteiger partial charge in [-0.05, 0) is 31.1 Å². The lowest BCUT2D eigenvalue weighted by Gasteiger charge is -2.32. The summed E-state index contributed by atoms with van der Waals surface area (Å²) < 4.78 is 5.46. The predicted molar refractivity (Wildman–Crippen MR) is 81.9 cm³/mol. The van der Waals surface area contributed by atoms with Crippen molar-refractivity contribution in [3.8, 4) is 0 Å². The Morgan fingerprint density at radius 2 is 2.00 bits per heavy atom. The van der Waals surface area contributed by atoms with Gasteiger partial charge in [-0.25, -0.2) is 0 Å². The third kappa shape index (κ3) is 5.33. The van der Waals surface area contributed by atoms with Gasteiger partial charge in [-0.2, -0.15) is 0 Å². The molecule has 0 amide bonds. The number of hydrogen-bond donors (Lipinski definition) is 1. The maximum absolute atomic E-state index is 12.3. The Hall–Kier alpha value is -1.06. The van der Waals surface area contributed by atoms with E-state index < -0.39 is 17.8 Å². The number of esters is 1. The standard InChI is InChI=1S/C17H30O4/c1-4-6-9-13(5-2)11-21-17(20)14-10-7-8-12(3)15(14)16(18)19/h12-15H,4-11H2,1-3H3,(H,18,19). The van der Waals surface area contributed by atoms with Gasteiger partial charge >= 0.3 is 11.9 Å². The van der Waals surface area contributed by atoms with E-state index in [-0.39, 0.29) is 11.9 Å². The molecular formula is C17H30O4. The fraction of sp³-hybridized carbons (Fsp3) is 0.882. The predicted octanol–water partition coefficient (Wildman–Crippen LogP) is 3.88. The number of rotatable bonds is 8. The highest BCUT2D eigenvalue weighted by atomic mass is 16.5. The number of aliphatic carboxylic acids is 1. The maximum atomic E-state index is 12.3. The van der Waals surface area contributed by atoms with Crippen LogP contribution in [-0.2, 0) is 14.3 Å². The summed E-state index contributed by atoms with van der Waals surface area (Å²) in [6, 6.07) is 0. The minimum Gasteiger partial charge on any atom is -0.481 e. The molecule has 1 rings (SSSR count). The van der Waals surface area contributed by atoms with Gasteiger partial charge in [-0.15, -0.1) is 0 Å². The second-order valence-electron chi connectivity index (χ2n) is 6.43.